The Morgan fingerprint density at radius 3 is 2.83 bits per heavy atom. The van der Waals surface area contributed by atoms with E-state index in [1.807, 2.05) is 6.92 Å². The molecule has 0 aromatic carbocycles. The summed E-state index contributed by atoms with van der Waals surface area (Å²) in [4.78, 5) is 2.61. The van der Waals surface area contributed by atoms with Gasteiger partial charge in [-0.3, -0.25) is 4.90 Å². The topological polar surface area (TPSA) is 28.4 Å². The summed E-state index contributed by atoms with van der Waals surface area (Å²) in [5.74, 6) is 3.07. The van der Waals surface area contributed by atoms with Gasteiger partial charge in [0.1, 0.15) is 11.5 Å². The first-order valence-corrected chi connectivity index (χ1v) is 7.29. The molecule has 3 heteroatoms. The van der Waals surface area contributed by atoms with E-state index in [2.05, 4.69) is 29.3 Å². The highest BCUT2D eigenvalue weighted by Gasteiger charge is 2.36. The maximum Gasteiger partial charge on any atom is 0.118 e. The number of nitrogens with zero attached hydrogens (tertiary/aromatic N) is 1. The minimum atomic E-state index is 0.658. The smallest absolute Gasteiger partial charge is 0.118 e. The van der Waals surface area contributed by atoms with Gasteiger partial charge in [0, 0.05) is 25.2 Å². The van der Waals surface area contributed by atoms with E-state index in [9.17, 15) is 0 Å². The standard InChI is InChI=1S/C15H24N2O/c1-3-13-8-16-15(12-5-6-12)10-17(13)9-14-7-4-11(2)18-14/h4,7,12-13,15-16H,3,5-6,8-10H2,1-2H3. The monoisotopic (exact) mass is 248 g/mol. The minimum Gasteiger partial charge on any atom is -0.465 e. The van der Waals surface area contributed by atoms with E-state index in [1.54, 1.807) is 0 Å². The molecule has 2 heterocycles. The second-order valence-electron chi connectivity index (χ2n) is 5.86. The zero-order chi connectivity index (χ0) is 12.5. The van der Waals surface area contributed by atoms with Crippen molar-refractivity contribution in [1.29, 1.82) is 0 Å². The third-order valence-electron chi connectivity index (χ3n) is 4.38. The average molecular weight is 248 g/mol. The van der Waals surface area contributed by atoms with Crippen LogP contribution in [0, 0.1) is 12.8 Å². The highest BCUT2D eigenvalue weighted by molar-refractivity contribution is 5.06. The molecule has 2 atom stereocenters. The van der Waals surface area contributed by atoms with Crippen molar-refractivity contribution in [3.63, 3.8) is 0 Å². The van der Waals surface area contributed by atoms with Crippen LogP contribution in [0.5, 0.6) is 0 Å². The summed E-state index contributed by atoms with van der Waals surface area (Å²) < 4.78 is 5.73. The summed E-state index contributed by atoms with van der Waals surface area (Å²) in [5.41, 5.74) is 0. The summed E-state index contributed by atoms with van der Waals surface area (Å²) in [6.07, 6.45) is 4.05. The molecule has 0 radical (unpaired) electrons. The molecule has 100 valence electrons. The van der Waals surface area contributed by atoms with Crippen LogP contribution in [0.1, 0.15) is 37.7 Å². The fourth-order valence-corrected chi connectivity index (χ4v) is 3.06. The van der Waals surface area contributed by atoms with Gasteiger partial charge < -0.3 is 9.73 Å². The molecule has 0 spiro atoms. The lowest BCUT2D eigenvalue weighted by Gasteiger charge is -2.40. The zero-order valence-electron chi connectivity index (χ0n) is 11.5. The van der Waals surface area contributed by atoms with E-state index >= 15 is 0 Å². The van der Waals surface area contributed by atoms with Gasteiger partial charge in [-0.1, -0.05) is 6.92 Å². The molecule has 1 saturated carbocycles. The van der Waals surface area contributed by atoms with E-state index in [-0.39, 0.29) is 0 Å². The Bertz CT molecular complexity index is 397. The van der Waals surface area contributed by atoms with E-state index in [4.69, 9.17) is 4.42 Å². The quantitative estimate of drug-likeness (QED) is 0.887. The lowest BCUT2D eigenvalue weighted by atomic mass is 10.0. The summed E-state index contributed by atoms with van der Waals surface area (Å²) in [6, 6.07) is 5.56. The van der Waals surface area contributed by atoms with Crippen molar-refractivity contribution in [2.45, 2.75) is 51.7 Å². The Labute approximate surface area is 110 Å². The molecule has 0 amide bonds. The second kappa shape index (κ2) is 5.06. The minimum absolute atomic E-state index is 0.658. The van der Waals surface area contributed by atoms with Gasteiger partial charge in [0.15, 0.2) is 0 Å². The summed E-state index contributed by atoms with van der Waals surface area (Å²) >= 11 is 0. The van der Waals surface area contributed by atoms with Gasteiger partial charge in [-0.15, -0.1) is 0 Å². The molecular formula is C15H24N2O. The van der Waals surface area contributed by atoms with E-state index < -0.39 is 0 Å². The van der Waals surface area contributed by atoms with Gasteiger partial charge in [0.05, 0.1) is 6.54 Å². The first-order chi connectivity index (χ1) is 8.76. The first kappa shape index (κ1) is 12.2. The number of aryl methyl sites for hydroxylation is 1. The number of hydrogen-bond acceptors (Lipinski definition) is 3. The lowest BCUT2D eigenvalue weighted by molar-refractivity contribution is 0.103. The van der Waals surface area contributed by atoms with Crippen LogP contribution in [-0.4, -0.2) is 30.1 Å². The summed E-state index contributed by atoms with van der Waals surface area (Å²) in [6.45, 7) is 7.59. The summed E-state index contributed by atoms with van der Waals surface area (Å²) in [7, 11) is 0. The predicted octanol–water partition coefficient (Wildman–Crippen LogP) is 2.55. The van der Waals surface area contributed by atoms with Crippen molar-refractivity contribution >= 4 is 0 Å². The number of nitrogens with one attached hydrogen (secondary N) is 1. The van der Waals surface area contributed by atoms with Gasteiger partial charge in [-0.05, 0) is 44.2 Å². The molecule has 18 heavy (non-hydrogen) atoms. The van der Waals surface area contributed by atoms with E-state index in [1.165, 1.54) is 25.8 Å². The Morgan fingerprint density at radius 1 is 1.39 bits per heavy atom. The van der Waals surface area contributed by atoms with Crippen molar-refractivity contribution in [3.8, 4) is 0 Å². The Balaban J connectivity index is 1.65. The van der Waals surface area contributed by atoms with Gasteiger partial charge in [0.2, 0.25) is 0 Å². The molecule has 2 aliphatic rings. The fraction of sp³-hybridized carbons (Fsp3) is 0.733. The van der Waals surface area contributed by atoms with Crippen LogP contribution in [0.3, 0.4) is 0 Å². The molecule has 2 unspecified atom stereocenters. The third kappa shape index (κ3) is 2.62. The van der Waals surface area contributed by atoms with Crippen LogP contribution in [0.2, 0.25) is 0 Å². The molecule has 1 saturated heterocycles. The number of rotatable bonds is 4. The molecule has 0 bridgehead atoms. The largest absolute Gasteiger partial charge is 0.465 e. The molecule has 2 fully saturated rings. The number of hydrogen-bond donors (Lipinski definition) is 1. The van der Waals surface area contributed by atoms with Crippen LogP contribution >= 0.6 is 0 Å². The van der Waals surface area contributed by atoms with Crippen molar-refractivity contribution in [2.24, 2.45) is 5.92 Å². The predicted molar refractivity (Wildman–Crippen MR) is 72.4 cm³/mol. The molecular weight excluding hydrogens is 224 g/mol. The van der Waals surface area contributed by atoms with Crippen LogP contribution < -0.4 is 5.32 Å². The molecule has 1 aliphatic heterocycles. The first-order valence-electron chi connectivity index (χ1n) is 7.29. The van der Waals surface area contributed by atoms with Crippen LogP contribution in [0.25, 0.3) is 0 Å². The van der Waals surface area contributed by atoms with Gasteiger partial charge >= 0.3 is 0 Å². The fourth-order valence-electron chi connectivity index (χ4n) is 3.06. The van der Waals surface area contributed by atoms with Gasteiger partial charge in [-0.2, -0.15) is 0 Å². The SMILES string of the molecule is CCC1CNC(C2CC2)CN1Cc1ccc(C)o1. The maximum atomic E-state index is 5.73. The van der Waals surface area contributed by atoms with Gasteiger partial charge in [0.25, 0.3) is 0 Å². The Morgan fingerprint density at radius 2 is 2.22 bits per heavy atom. The second-order valence-corrected chi connectivity index (χ2v) is 5.86. The molecule has 3 nitrogen and oxygen atoms in total. The zero-order valence-corrected chi connectivity index (χ0v) is 11.5. The van der Waals surface area contributed by atoms with Crippen molar-refractivity contribution in [3.05, 3.63) is 23.7 Å². The molecule has 1 N–H and O–H groups in total. The molecule has 1 aliphatic carbocycles. The molecule has 3 rings (SSSR count). The van der Waals surface area contributed by atoms with Crippen LogP contribution in [0.4, 0.5) is 0 Å². The maximum absolute atomic E-state index is 5.73. The summed E-state index contributed by atoms with van der Waals surface area (Å²) in [5, 5.41) is 3.73. The van der Waals surface area contributed by atoms with Crippen molar-refractivity contribution in [2.75, 3.05) is 13.1 Å². The number of furan rings is 1. The molecule has 1 aromatic heterocycles. The molecule has 1 aromatic rings. The Hall–Kier alpha value is -0.800. The normalized spacial score (nSPS) is 29.7. The lowest BCUT2D eigenvalue weighted by Crippen LogP contribution is -2.56. The average Bonchev–Trinajstić information content (AvgIpc) is 3.14. The van der Waals surface area contributed by atoms with E-state index in [0.717, 1.165) is 30.5 Å². The Kier molecular flexibility index (Phi) is 3.44. The van der Waals surface area contributed by atoms with Crippen molar-refractivity contribution in [1.82, 2.24) is 10.2 Å². The van der Waals surface area contributed by atoms with Crippen LogP contribution in [-0.2, 0) is 6.54 Å². The third-order valence-corrected chi connectivity index (χ3v) is 4.38. The highest BCUT2D eigenvalue weighted by Crippen LogP contribution is 2.34. The van der Waals surface area contributed by atoms with E-state index in [0.29, 0.717) is 12.1 Å². The highest BCUT2D eigenvalue weighted by atomic mass is 16.3. The number of piperazine rings is 1. The van der Waals surface area contributed by atoms with Crippen LogP contribution in [0.15, 0.2) is 16.5 Å². The van der Waals surface area contributed by atoms with Crippen molar-refractivity contribution < 1.29 is 4.42 Å². The van der Waals surface area contributed by atoms with Gasteiger partial charge in [-0.25, -0.2) is 0 Å².